The quantitative estimate of drug-likeness (QED) is 0.616. The minimum absolute atomic E-state index is 0.256. The monoisotopic (exact) mass is 338 g/mol. The summed E-state index contributed by atoms with van der Waals surface area (Å²) in [5.41, 5.74) is 1.14. The van der Waals surface area contributed by atoms with Crippen molar-refractivity contribution in [1.82, 2.24) is 9.97 Å². The maximum absolute atomic E-state index is 6.27. The third-order valence-corrected chi connectivity index (χ3v) is 4.80. The van der Waals surface area contributed by atoms with Gasteiger partial charge >= 0.3 is 0 Å². The van der Waals surface area contributed by atoms with E-state index in [4.69, 9.17) is 27.9 Å². The van der Waals surface area contributed by atoms with Crippen molar-refractivity contribution < 1.29 is 4.74 Å². The highest BCUT2D eigenvalue weighted by Gasteiger charge is 2.13. The van der Waals surface area contributed by atoms with E-state index in [0.29, 0.717) is 21.7 Å². The number of aryl methyl sites for hydroxylation is 2. The van der Waals surface area contributed by atoms with E-state index in [1.54, 1.807) is 23.5 Å². The number of aromatic nitrogens is 2. The lowest BCUT2D eigenvalue weighted by Crippen LogP contribution is -2.01. The summed E-state index contributed by atoms with van der Waals surface area (Å²) >= 11 is 13.8. The van der Waals surface area contributed by atoms with Gasteiger partial charge in [0.1, 0.15) is 22.3 Å². The highest BCUT2D eigenvalue weighted by atomic mass is 35.5. The first-order chi connectivity index (χ1) is 10.0. The molecule has 0 radical (unpaired) electrons. The van der Waals surface area contributed by atoms with Crippen LogP contribution in [0.15, 0.2) is 24.3 Å². The number of thiophene rings is 1. The maximum atomic E-state index is 6.27. The average Bonchev–Trinajstić information content (AvgIpc) is 2.72. The molecule has 0 saturated carbocycles. The van der Waals surface area contributed by atoms with Gasteiger partial charge in [0, 0.05) is 9.90 Å². The molecule has 0 fully saturated rings. The van der Waals surface area contributed by atoms with Gasteiger partial charge in [0.2, 0.25) is 0 Å². The van der Waals surface area contributed by atoms with Crippen LogP contribution in [0.1, 0.15) is 16.3 Å². The van der Waals surface area contributed by atoms with Gasteiger partial charge in [-0.25, -0.2) is 9.97 Å². The predicted octanol–water partition coefficient (Wildman–Crippen LogP) is 5.19. The fraction of sp³-hybridized carbons (Fsp3) is 0.200. The summed E-state index contributed by atoms with van der Waals surface area (Å²) in [4.78, 5) is 10.9. The van der Waals surface area contributed by atoms with Crippen LogP contribution in [-0.2, 0) is 6.61 Å². The number of halogens is 2. The summed E-state index contributed by atoms with van der Waals surface area (Å²) in [7, 11) is 0. The molecule has 0 bridgehead atoms. The van der Waals surface area contributed by atoms with E-state index in [1.165, 1.54) is 4.88 Å². The van der Waals surface area contributed by atoms with Crippen molar-refractivity contribution in [3.8, 4) is 5.75 Å². The lowest BCUT2D eigenvalue weighted by atomic mass is 10.2. The van der Waals surface area contributed by atoms with E-state index in [2.05, 4.69) is 16.9 Å². The third-order valence-electron chi connectivity index (χ3n) is 3.19. The van der Waals surface area contributed by atoms with Crippen LogP contribution in [0.5, 0.6) is 5.75 Å². The Kier molecular flexibility index (Phi) is 4.02. The first kappa shape index (κ1) is 14.6. The molecule has 0 amide bonds. The van der Waals surface area contributed by atoms with Crippen LogP contribution in [0.3, 0.4) is 0 Å². The zero-order chi connectivity index (χ0) is 15.0. The van der Waals surface area contributed by atoms with Gasteiger partial charge in [-0.2, -0.15) is 0 Å². The van der Waals surface area contributed by atoms with Crippen LogP contribution < -0.4 is 4.74 Å². The Balaban J connectivity index is 1.88. The molecule has 0 spiro atoms. The lowest BCUT2D eigenvalue weighted by Gasteiger charge is -2.06. The van der Waals surface area contributed by atoms with E-state index in [1.807, 2.05) is 19.1 Å². The lowest BCUT2D eigenvalue weighted by molar-refractivity contribution is 0.296. The molecule has 2 aromatic heterocycles. The van der Waals surface area contributed by atoms with Gasteiger partial charge < -0.3 is 4.74 Å². The van der Waals surface area contributed by atoms with Crippen LogP contribution in [0.2, 0.25) is 10.2 Å². The van der Waals surface area contributed by atoms with Crippen molar-refractivity contribution in [2.45, 2.75) is 20.5 Å². The SMILES string of the molecule is Cc1sc2nc(COc3cccc(Cl)c3)nc(Cl)c2c1C. The Morgan fingerprint density at radius 3 is 2.76 bits per heavy atom. The van der Waals surface area contributed by atoms with Crippen molar-refractivity contribution in [3.05, 3.63) is 50.7 Å². The average molecular weight is 339 g/mol. The van der Waals surface area contributed by atoms with Crippen molar-refractivity contribution in [1.29, 1.82) is 0 Å². The van der Waals surface area contributed by atoms with Gasteiger partial charge in [0.05, 0.1) is 5.39 Å². The largest absolute Gasteiger partial charge is 0.486 e. The Hall–Kier alpha value is -1.36. The number of ether oxygens (including phenoxy) is 1. The van der Waals surface area contributed by atoms with Gasteiger partial charge in [-0.05, 0) is 37.6 Å². The molecule has 6 heteroatoms. The molecule has 0 atom stereocenters. The minimum atomic E-state index is 0.256. The van der Waals surface area contributed by atoms with Crippen LogP contribution >= 0.6 is 34.5 Å². The predicted molar refractivity (Wildman–Crippen MR) is 87.7 cm³/mol. The summed E-state index contributed by atoms with van der Waals surface area (Å²) in [5.74, 6) is 1.24. The number of fused-ring (bicyclic) bond motifs is 1. The molecule has 21 heavy (non-hydrogen) atoms. The van der Waals surface area contributed by atoms with Gasteiger partial charge in [-0.1, -0.05) is 29.3 Å². The third kappa shape index (κ3) is 2.98. The number of hydrogen-bond donors (Lipinski definition) is 0. The summed E-state index contributed by atoms with van der Waals surface area (Å²) < 4.78 is 5.65. The fourth-order valence-electron chi connectivity index (χ4n) is 2.01. The number of nitrogens with zero attached hydrogens (tertiary/aromatic N) is 2. The van der Waals surface area contributed by atoms with Gasteiger partial charge in [-0.15, -0.1) is 11.3 Å². The van der Waals surface area contributed by atoms with E-state index < -0.39 is 0 Å². The molecular weight excluding hydrogens is 327 g/mol. The van der Waals surface area contributed by atoms with Crippen LogP contribution in [0, 0.1) is 13.8 Å². The molecule has 3 nitrogen and oxygen atoms in total. The van der Waals surface area contributed by atoms with E-state index in [0.717, 1.165) is 15.8 Å². The second kappa shape index (κ2) is 5.79. The smallest absolute Gasteiger partial charge is 0.169 e. The van der Waals surface area contributed by atoms with Crippen molar-refractivity contribution in [3.63, 3.8) is 0 Å². The molecular formula is C15H12Cl2N2OS. The highest BCUT2D eigenvalue weighted by Crippen LogP contribution is 2.33. The first-order valence-corrected chi connectivity index (χ1v) is 7.92. The van der Waals surface area contributed by atoms with Gasteiger partial charge in [0.25, 0.3) is 0 Å². The molecule has 0 N–H and O–H groups in total. The molecule has 2 heterocycles. The normalized spacial score (nSPS) is 11.0. The second-order valence-corrected chi connectivity index (χ2v) is 6.64. The molecule has 0 unspecified atom stereocenters. The van der Waals surface area contributed by atoms with Crippen molar-refractivity contribution in [2.75, 3.05) is 0 Å². The Labute approximate surface area is 136 Å². The van der Waals surface area contributed by atoms with E-state index in [-0.39, 0.29) is 6.61 Å². The molecule has 3 rings (SSSR count). The van der Waals surface area contributed by atoms with Crippen molar-refractivity contribution >= 4 is 44.8 Å². The zero-order valence-electron chi connectivity index (χ0n) is 11.5. The molecule has 0 aliphatic heterocycles. The van der Waals surface area contributed by atoms with Crippen LogP contribution in [0.25, 0.3) is 10.2 Å². The Bertz CT molecular complexity index is 817. The molecule has 3 aromatic rings. The summed E-state index contributed by atoms with van der Waals surface area (Å²) in [6.07, 6.45) is 0. The summed E-state index contributed by atoms with van der Waals surface area (Å²) in [5, 5.41) is 2.05. The zero-order valence-corrected chi connectivity index (χ0v) is 13.8. The Morgan fingerprint density at radius 1 is 1.19 bits per heavy atom. The number of rotatable bonds is 3. The van der Waals surface area contributed by atoms with Gasteiger partial charge in [0.15, 0.2) is 5.82 Å². The molecule has 108 valence electrons. The van der Waals surface area contributed by atoms with Crippen LogP contribution in [-0.4, -0.2) is 9.97 Å². The standard InChI is InChI=1S/C15H12Cl2N2OS/c1-8-9(2)21-15-13(8)14(17)18-12(19-15)7-20-11-5-3-4-10(16)6-11/h3-6H,7H2,1-2H3. The van der Waals surface area contributed by atoms with Crippen LogP contribution in [0.4, 0.5) is 0 Å². The highest BCUT2D eigenvalue weighted by molar-refractivity contribution is 7.18. The fourth-order valence-corrected chi connectivity index (χ4v) is 3.62. The van der Waals surface area contributed by atoms with Crippen molar-refractivity contribution in [2.24, 2.45) is 0 Å². The molecule has 0 saturated heterocycles. The molecule has 0 aliphatic rings. The molecule has 0 aliphatic carbocycles. The first-order valence-electron chi connectivity index (χ1n) is 6.35. The minimum Gasteiger partial charge on any atom is -0.486 e. The topological polar surface area (TPSA) is 35.0 Å². The number of hydrogen-bond acceptors (Lipinski definition) is 4. The number of benzene rings is 1. The summed E-state index contributed by atoms with van der Waals surface area (Å²) in [6, 6.07) is 7.22. The molecule has 1 aromatic carbocycles. The van der Waals surface area contributed by atoms with Gasteiger partial charge in [-0.3, -0.25) is 0 Å². The van der Waals surface area contributed by atoms with E-state index in [9.17, 15) is 0 Å². The Morgan fingerprint density at radius 2 is 2.00 bits per heavy atom. The maximum Gasteiger partial charge on any atom is 0.169 e. The van der Waals surface area contributed by atoms with E-state index >= 15 is 0 Å². The summed E-state index contributed by atoms with van der Waals surface area (Å²) in [6.45, 7) is 4.34. The second-order valence-electron chi connectivity index (χ2n) is 4.64.